The molecule has 2 aromatic rings. The van der Waals surface area contributed by atoms with E-state index in [-0.39, 0.29) is 11.9 Å². The van der Waals surface area contributed by atoms with Crippen molar-refractivity contribution in [1.82, 2.24) is 0 Å². The van der Waals surface area contributed by atoms with Gasteiger partial charge in [-0.25, -0.2) is 0 Å². The summed E-state index contributed by atoms with van der Waals surface area (Å²) in [6.07, 6.45) is 0.280. The molecule has 4 nitrogen and oxygen atoms in total. The number of carbonyl (C=O) groups excluding carboxylic acids is 1. The van der Waals surface area contributed by atoms with Crippen LogP contribution in [0.1, 0.15) is 25.0 Å². The lowest BCUT2D eigenvalue weighted by molar-refractivity contribution is -0.124. The van der Waals surface area contributed by atoms with Gasteiger partial charge in [0, 0.05) is 11.7 Å². The Balaban J connectivity index is 1.76. The van der Waals surface area contributed by atoms with Crippen LogP contribution in [-0.4, -0.2) is 18.1 Å². The lowest BCUT2D eigenvalue weighted by atomic mass is 10.1. The van der Waals surface area contributed by atoms with Gasteiger partial charge < -0.3 is 9.64 Å². The Hall–Kier alpha value is -2.80. The molecule has 0 N–H and O–H groups in total. The average molecular weight is 306 g/mol. The van der Waals surface area contributed by atoms with E-state index in [0.717, 1.165) is 12.1 Å². The Kier molecular flexibility index (Phi) is 4.03. The van der Waals surface area contributed by atoms with Gasteiger partial charge in [-0.3, -0.25) is 4.79 Å². The van der Waals surface area contributed by atoms with Gasteiger partial charge in [0.2, 0.25) is 0 Å². The Morgan fingerprint density at radius 2 is 1.96 bits per heavy atom. The minimum absolute atomic E-state index is 0.0493. The number of carbonyl (C=O) groups is 1. The molecule has 2 aromatic carbocycles. The molecule has 1 aliphatic heterocycles. The smallest absolute Gasteiger partial charge is 0.268 e. The van der Waals surface area contributed by atoms with E-state index >= 15 is 0 Å². The maximum absolute atomic E-state index is 12.8. The number of fused-ring (bicyclic) bond motifs is 1. The Labute approximate surface area is 135 Å². The van der Waals surface area contributed by atoms with Crippen molar-refractivity contribution in [3.05, 3.63) is 59.7 Å². The highest BCUT2D eigenvalue weighted by atomic mass is 16.5. The van der Waals surface area contributed by atoms with Gasteiger partial charge >= 0.3 is 0 Å². The molecule has 0 fully saturated rings. The summed E-state index contributed by atoms with van der Waals surface area (Å²) >= 11 is 0. The van der Waals surface area contributed by atoms with Crippen LogP contribution in [-0.2, 0) is 11.2 Å². The van der Waals surface area contributed by atoms with E-state index in [9.17, 15) is 4.79 Å². The van der Waals surface area contributed by atoms with E-state index < -0.39 is 6.10 Å². The largest absolute Gasteiger partial charge is 0.481 e. The highest BCUT2D eigenvalue weighted by molar-refractivity contribution is 5.99. The van der Waals surface area contributed by atoms with Gasteiger partial charge in [-0.15, -0.1) is 0 Å². The lowest BCUT2D eigenvalue weighted by Gasteiger charge is -2.26. The summed E-state index contributed by atoms with van der Waals surface area (Å²) < 4.78 is 5.75. The van der Waals surface area contributed by atoms with E-state index in [1.54, 1.807) is 31.2 Å². The first-order valence-electron chi connectivity index (χ1n) is 7.68. The van der Waals surface area contributed by atoms with Gasteiger partial charge in [-0.2, -0.15) is 5.26 Å². The third kappa shape index (κ3) is 2.91. The number of benzene rings is 2. The van der Waals surface area contributed by atoms with Gasteiger partial charge in [0.1, 0.15) is 5.75 Å². The summed E-state index contributed by atoms with van der Waals surface area (Å²) in [4.78, 5) is 14.6. The fraction of sp³-hybridized carbons (Fsp3) is 0.263. The van der Waals surface area contributed by atoms with E-state index in [4.69, 9.17) is 10.00 Å². The molecule has 0 aliphatic carbocycles. The summed E-state index contributed by atoms with van der Waals surface area (Å²) in [6.45, 7) is 3.81. The zero-order valence-corrected chi connectivity index (χ0v) is 13.2. The van der Waals surface area contributed by atoms with Crippen molar-refractivity contribution in [1.29, 1.82) is 5.26 Å². The summed E-state index contributed by atoms with van der Waals surface area (Å²) in [5.74, 6) is 0.539. The molecule has 3 rings (SSSR count). The first-order chi connectivity index (χ1) is 11.1. The number of rotatable bonds is 3. The zero-order valence-electron chi connectivity index (χ0n) is 13.2. The topological polar surface area (TPSA) is 53.3 Å². The molecular formula is C19H18N2O2. The van der Waals surface area contributed by atoms with E-state index in [1.165, 1.54) is 5.56 Å². The molecule has 0 spiro atoms. The van der Waals surface area contributed by atoms with Crippen LogP contribution in [0.3, 0.4) is 0 Å². The molecule has 0 saturated carbocycles. The highest BCUT2D eigenvalue weighted by Gasteiger charge is 2.33. The van der Waals surface area contributed by atoms with E-state index in [2.05, 4.69) is 12.1 Å². The highest BCUT2D eigenvalue weighted by Crippen LogP contribution is 2.32. The van der Waals surface area contributed by atoms with E-state index in [1.807, 2.05) is 30.0 Å². The molecule has 0 aromatic heterocycles. The molecule has 1 aliphatic rings. The maximum Gasteiger partial charge on any atom is 0.268 e. The molecule has 4 heteroatoms. The predicted octanol–water partition coefficient (Wildman–Crippen LogP) is 3.30. The predicted molar refractivity (Wildman–Crippen MR) is 88.3 cm³/mol. The second-order valence-corrected chi connectivity index (χ2v) is 5.79. The van der Waals surface area contributed by atoms with Crippen LogP contribution in [0, 0.1) is 11.3 Å². The molecule has 0 bridgehead atoms. The summed E-state index contributed by atoms with van der Waals surface area (Å²) in [6, 6.07) is 17.0. The quantitative estimate of drug-likeness (QED) is 0.874. The van der Waals surface area contributed by atoms with Crippen molar-refractivity contribution < 1.29 is 9.53 Å². The Morgan fingerprint density at radius 1 is 1.26 bits per heavy atom. The van der Waals surface area contributed by atoms with Crippen LogP contribution in [0.5, 0.6) is 5.75 Å². The fourth-order valence-electron chi connectivity index (χ4n) is 2.96. The SMILES string of the molecule is C[C@@H](Oc1ccc(C#N)cc1)C(=O)N1c2ccccc2C[C@@H]1C. The van der Waals surface area contributed by atoms with Gasteiger partial charge in [0.25, 0.3) is 5.91 Å². The lowest BCUT2D eigenvalue weighted by Crippen LogP contribution is -2.43. The second kappa shape index (κ2) is 6.13. The summed E-state index contributed by atoms with van der Waals surface area (Å²) in [5.41, 5.74) is 2.73. The van der Waals surface area contributed by atoms with Gasteiger partial charge in [0.15, 0.2) is 6.10 Å². The molecule has 0 saturated heterocycles. The second-order valence-electron chi connectivity index (χ2n) is 5.79. The number of hydrogen-bond acceptors (Lipinski definition) is 3. The Bertz CT molecular complexity index is 762. The number of amides is 1. The number of para-hydroxylation sites is 1. The molecule has 0 unspecified atom stereocenters. The van der Waals surface area contributed by atoms with Crippen molar-refractivity contribution in [3.63, 3.8) is 0 Å². The molecule has 116 valence electrons. The fourth-order valence-corrected chi connectivity index (χ4v) is 2.96. The Morgan fingerprint density at radius 3 is 2.65 bits per heavy atom. The molecule has 1 amide bonds. The number of hydrogen-bond donors (Lipinski definition) is 0. The van der Waals surface area contributed by atoms with Gasteiger partial charge in [0.05, 0.1) is 11.6 Å². The normalized spacial score (nSPS) is 17.3. The monoisotopic (exact) mass is 306 g/mol. The van der Waals surface area contributed by atoms with Crippen LogP contribution >= 0.6 is 0 Å². The number of nitrogens with zero attached hydrogens (tertiary/aromatic N) is 2. The van der Waals surface area contributed by atoms with Crippen molar-refractivity contribution in [3.8, 4) is 11.8 Å². The summed E-state index contributed by atoms with van der Waals surface area (Å²) in [7, 11) is 0. The third-order valence-corrected chi connectivity index (χ3v) is 4.09. The van der Waals surface area contributed by atoms with Crippen molar-refractivity contribution in [2.75, 3.05) is 4.90 Å². The molecule has 2 atom stereocenters. The van der Waals surface area contributed by atoms with Crippen molar-refractivity contribution in [2.45, 2.75) is 32.4 Å². The molecule has 1 heterocycles. The minimum atomic E-state index is -0.587. The average Bonchev–Trinajstić information content (AvgIpc) is 2.90. The van der Waals surface area contributed by atoms with Crippen molar-refractivity contribution in [2.24, 2.45) is 0 Å². The van der Waals surface area contributed by atoms with Crippen LogP contribution < -0.4 is 9.64 Å². The van der Waals surface area contributed by atoms with Crippen molar-refractivity contribution >= 4 is 11.6 Å². The third-order valence-electron chi connectivity index (χ3n) is 4.09. The maximum atomic E-state index is 12.8. The number of nitriles is 1. The molecule has 0 radical (unpaired) electrons. The molecule has 23 heavy (non-hydrogen) atoms. The van der Waals surface area contributed by atoms with Crippen LogP contribution in [0.25, 0.3) is 0 Å². The van der Waals surface area contributed by atoms with Gasteiger partial charge in [-0.05, 0) is 56.2 Å². The summed E-state index contributed by atoms with van der Waals surface area (Å²) in [5, 5.41) is 8.81. The van der Waals surface area contributed by atoms with Crippen LogP contribution in [0.15, 0.2) is 48.5 Å². The first kappa shape index (κ1) is 15.1. The minimum Gasteiger partial charge on any atom is -0.481 e. The standard InChI is InChI=1S/C19H18N2O2/c1-13-11-16-5-3-4-6-18(16)21(13)19(22)14(2)23-17-9-7-15(12-20)8-10-17/h3-10,13-14H,11H2,1-2H3/t13-,14+/m0/s1. The van der Waals surface area contributed by atoms with Crippen LogP contribution in [0.4, 0.5) is 5.69 Å². The molecular weight excluding hydrogens is 288 g/mol. The number of anilines is 1. The zero-order chi connectivity index (χ0) is 16.4. The van der Waals surface area contributed by atoms with Gasteiger partial charge in [-0.1, -0.05) is 18.2 Å². The number of ether oxygens (including phenoxy) is 1. The van der Waals surface area contributed by atoms with E-state index in [0.29, 0.717) is 11.3 Å². The van der Waals surface area contributed by atoms with Crippen LogP contribution in [0.2, 0.25) is 0 Å². The first-order valence-corrected chi connectivity index (χ1v) is 7.68.